The van der Waals surface area contributed by atoms with Crippen LogP contribution in [0, 0.1) is 0 Å². The van der Waals surface area contributed by atoms with Crippen molar-refractivity contribution in [3.05, 3.63) is 52.6 Å². The molecule has 3 N–H and O–H groups in total. The molecule has 0 saturated carbocycles. The van der Waals surface area contributed by atoms with Gasteiger partial charge in [-0.2, -0.15) is 0 Å². The molecule has 0 fully saturated rings. The van der Waals surface area contributed by atoms with E-state index in [1.165, 1.54) is 0 Å². The lowest BCUT2D eigenvalue weighted by Crippen LogP contribution is -2.27. The van der Waals surface area contributed by atoms with E-state index in [1.54, 1.807) is 24.3 Å². The molecule has 0 aliphatic heterocycles. The number of benzene rings is 2. The summed E-state index contributed by atoms with van der Waals surface area (Å²) >= 11 is 0. The molecular weight excluding hydrogens is 350 g/mol. The third kappa shape index (κ3) is 3.61. The normalized spacial score (nSPS) is 13.0. The molecular formula is C23H29N3O2. The van der Waals surface area contributed by atoms with Crippen LogP contribution in [-0.4, -0.2) is 29.7 Å². The van der Waals surface area contributed by atoms with Gasteiger partial charge in [-0.25, -0.2) is 0 Å². The lowest BCUT2D eigenvalue weighted by Gasteiger charge is -2.29. The molecule has 2 aromatic carbocycles. The smallest absolute Gasteiger partial charge is 0.196 e. The van der Waals surface area contributed by atoms with Crippen molar-refractivity contribution in [3.8, 4) is 0 Å². The van der Waals surface area contributed by atoms with Gasteiger partial charge in [0, 0.05) is 34.8 Å². The minimum absolute atomic E-state index is 0.103. The first-order chi connectivity index (χ1) is 13.2. The van der Waals surface area contributed by atoms with Crippen LogP contribution in [0.2, 0.25) is 0 Å². The molecule has 0 saturated heterocycles. The molecule has 148 valence electrons. The minimum Gasteiger partial charge on any atom is -0.381 e. The highest BCUT2D eigenvalue weighted by Crippen LogP contribution is 2.42. The van der Waals surface area contributed by atoms with Gasteiger partial charge in [0.2, 0.25) is 0 Å². The van der Waals surface area contributed by atoms with E-state index in [1.807, 2.05) is 19.9 Å². The average Bonchev–Trinajstić information content (AvgIpc) is 2.61. The second-order valence-corrected chi connectivity index (χ2v) is 8.20. The summed E-state index contributed by atoms with van der Waals surface area (Å²) in [5.74, 6) is -0.226. The van der Waals surface area contributed by atoms with Gasteiger partial charge in [0.05, 0.1) is 22.6 Å². The lowest BCUT2D eigenvalue weighted by molar-refractivity contribution is 0.0979. The van der Waals surface area contributed by atoms with Gasteiger partial charge in [0.1, 0.15) is 0 Å². The van der Waals surface area contributed by atoms with Crippen molar-refractivity contribution >= 4 is 28.6 Å². The maximum atomic E-state index is 13.4. The number of fused-ring (bicyclic) bond motifs is 2. The fourth-order valence-corrected chi connectivity index (χ4v) is 3.55. The molecule has 28 heavy (non-hydrogen) atoms. The number of hydrogen-bond acceptors (Lipinski definition) is 5. The fraction of sp³-hybridized carbons (Fsp3) is 0.391. The zero-order valence-electron chi connectivity index (χ0n) is 17.4. The van der Waals surface area contributed by atoms with Gasteiger partial charge >= 0.3 is 0 Å². The predicted molar refractivity (Wildman–Crippen MR) is 116 cm³/mol. The summed E-state index contributed by atoms with van der Waals surface area (Å²) in [6, 6.07) is 9.32. The standard InChI is InChI=1S/C23H29N3O2/c1-12(2)24-18-11-17-19(21(26-14(5)6)20(18)25-13(3)4)23(28)16-10-8-7-9-15(16)22(17)27/h7-14,24-26H,1-6H3. The molecule has 0 spiro atoms. The Morgan fingerprint density at radius 1 is 0.643 bits per heavy atom. The summed E-state index contributed by atoms with van der Waals surface area (Å²) in [4.78, 5) is 26.6. The van der Waals surface area contributed by atoms with Gasteiger partial charge in [-0.15, -0.1) is 0 Å². The highest BCUT2D eigenvalue weighted by Gasteiger charge is 2.34. The van der Waals surface area contributed by atoms with E-state index in [0.29, 0.717) is 27.9 Å². The Balaban J connectivity index is 2.33. The molecule has 0 heterocycles. The summed E-state index contributed by atoms with van der Waals surface area (Å²) in [6.07, 6.45) is 0. The molecule has 5 nitrogen and oxygen atoms in total. The number of carbonyl (C=O) groups is 2. The van der Waals surface area contributed by atoms with E-state index in [4.69, 9.17) is 0 Å². The van der Waals surface area contributed by atoms with Crippen LogP contribution < -0.4 is 16.0 Å². The van der Waals surface area contributed by atoms with Gasteiger partial charge in [0.15, 0.2) is 11.6 Å². The van der Waals surface area contributed by atoms with Gasteiger partial charge in [-0.05, 0) is 47.6 Å². The first-order valence-corrected chi connectivity index (χ1v) is 9.89. The highest BCUT2D eigenvalue weighted by molar-refractivity contribution is 6.31. The zero-order chi connectivity index (χ0) is 20.6. The van der Waals surface area contributed by atoms with Crippen molar-refractivity contribution in [2.45, 2.75) is 59.7 Å². The Kier molecular flexibility index (Phi) is 5.45. The lowest BCUT2D eigenvalue weighted by atomic mass is 9.82. The summed E-state index contributed by atoms with van der Waals surface area (Å²) in [6.45, 7) is 12.3. The van der Waals surface area contributed by atoms with Gasteiger partial charge in [0.25, 0.3) is 0 Å². The van der Waals surface area contributed by atoms with Crippen molar-refractivity contribution in [1.29, 1.82) is 0 Å². The molecule has 0 unspecified atom stereocenters. The van der Waals surface area contributed by atoms with Gasteiger partial charge in [-0.1, -0.05) is 24.3 Å². The molecule has 0 atom stereocenters. The zero-order valence-corrected chi connectivity index (χ0v) is 17.4. The molecule has 0 amide bonds. The molecule has 0 radical (unpaired) electrons. The van der Waals surface area contributed by atoms with Crippen LogP contribution in [0.15, 0.2) is 30.3 Å². The van der Waals surface area contributed by atoms with E-state index >= 15 is 0 Å². The number of anilines is 3. The van der Waals surface area contributed by atoms with E-state index in [-0.39, 0.29) is 29.7 Å². The van der Waals surface area contributed by atoms with E-state index < -0.39 is 0 Å². The third-order valence-electron chi connectivity index (χ3n) is 4.53. The first kappa shape index (κ1) is 19.9. The van der Waals surface area contributed by atoms with Crippen molar-refractivity contribution < 1.29 is 9.59 Å². The number of hydrogen-bond donors (Lipinski definition) is 3. The second kappa shape index (κ2) is 7.66. The minimum atomic E-state index is -0.115. The number of rotatable bonds is 6. The Morgan fingerprint density at radius 2 is 1.14 bits per heavy atom. The Hall–Kier alpha value is -2.82. The molecule has 2 aromatic rings. The van der Waals surface area contributed by atoms with Crippen molar-refractivity contribution in [2.24, 2.45) is 0 Å². The van der Waals surface area contributed by atoms with Gasteiger partial charge < -0.3 is 16.0 Å². The largest absolute Gasteiger partial charge is 0.381 e. The number of ketones is 2. The molecule has 0 bridgehead atoms. The van der Waals surface area contributed by atoms with Crippen LogP contribution in [0.4, 0.5) is 17.1 Å². The maximum absolute atomic E-state index is 13.4. The average molecular weight is 380 g/mol. The quantitative estimate of drug-likeness (QED) is 0.567. The van der Waals surface area contributed by atoms with Crippen LogP contribution in [0.1, 0.15) is 73.4 Å². The third-order valence-corrected chi connectivity index (χ3v) is 4.53. The van der Waals surface area contributed by atoms with Crippen molar-refractivity contribution in [1.82, 2.24) is 0 Å². The number of carbonyl (C=O) groups excluding carboxylic acids is 2. The highest BCUT2D eigenvalue weighted by atomic mass is 16.1. The van der Waals surface area contributed by atoms with E-state index in [0.717, 1.165) is 11.4 Å². The van der Waals surface area contributed by atoms with Crippen LogP contribution >= 0.6 is 0 Å². The molecule has 0 aromatic heterocycles. The molecule has 3 rings (SSSR count). The van der Waals surface area contributed by atoms with Gasteiger partial charge in [-0.3, -0.25) is 9.59 Å². The predicted octanol–water partition coefficient (Wildman–Crippen LogP) is 4.92. The molecule has 5 heteroatoms. The number of nitrogens with one attached hydrogen (secondary N) is 3. The Labute approximate surface area is 166 Å². The van der Waals surface area contributed by atoms with Crippen LogP contribution in [0.25, 0.3) is 0 Å². The summed E-state index contributed by atoms with van der Waals surface area (Å²) in [5.41, 5.74) is 4.18. The molecule has 1 aliphatic rings. The van der Waals surface area contributed by atoms with Crippen molar-refractivity contribution in [2.75, 3.05) is 16.0 Å². The van der Waals surface area contributed by atoms with E-state index in [2.05, 4.69) is 43.6 Å². The summed E-state index contributed by atoms with van der Waals surface area (Å²) in [5, 5.41) is 10.3. The van der Waals surface area contributed by atoms with Crippen molar-refractivity contribution in [3.63, 3.8) is 0 Å². The Bertz CT molecular complexity index is 930. The monoisotopic (exact) mass is 379 g/mol. The summed E-state index contributed by atoms with van der Waals surface area (Å²) < 4.78 is 0. The Morgan fingerprint density at radius 3 is 1.68 bits per heavy atom. The first-order valence-electron chi connectivity index (χ1n) is 9.89. The maximum Gasteiger partial charge on any atom is 0.196 e. The van der Waals surface area contributed by atoms with E-state index in [9.17, 15) is 9.59 Å². The van der Waals surface area contributed by atoms with Crippen LogP contribution in [-0.2, 0) is 0 Å². The van der Waals surface area contributed by atoms with Crippen LogP contribution in [0.5, 0.6) is 0 Å². The topological polar surface area (TPSA) is 70.2 Å². The SMILES string of the molecule is CC(C)Nc1cc2c(c(NC(C)C)c1NC(C)C)C(=O)c1ccccc1C2=O. The molecule has 1 aliphatic carbocycles. The fourth-order valence-electron chi connectivity index (χ4n) is 3.55. The summed E-state index contributed by atoms with van der Waals surface area (Å²) in [7, 11) is 0. The second-order valence-electron chi connectivity index (χ2n) is 8.20. The van der Waals surface area contributed by atoms with Crippen LogP contribution in [0.3, 0.4) is 0 Å².